The van der Waals surface area contributed by atoms with Crippen molar-refractivity contribution >= 4 is 31.5 Å². The monoisotopic (exact) mass is 419 g/mol. The molecule has 0 spiro atoms. The van der Waals surface area contributed by atoms with Gasteiger partial charge in [-0.05, 0) is 48.9 Å². The summed E-state index contributed by atoms with van der Waals surface area (Å²) in [6, 6.07) is 12.9. The van der Waals surface area contributed by atoms with E-state index in [0.29, 0.717) is 12.0 Å². The third kappa shape index (κ3) is 4.68. The van der Waals surface area contributed by atoms with Gasteiger partial charge in [-0.3, -0.25) is 9.52 Å². The van der Waals surface area contributed by atoms with Gasteiger partial charge in [-0.25, -0.2) is 16.8 Å². The average molecular weight is 419 g/mol. The minimum absolute atomic E-state index is 0.0455. The molecule has 1 heterocycles. The quantitative estimate of drug-likeness (QED) is 0.750. The highest BCUT2D eigenvalue weighted by atomic mass is 32.2. The van der Waals surface area contributed by atoms with E-state index in [1.54, 1.807) is 0 Å². The maximum absolute atomic E-state index is 12.4. The lowest BCUT2D eigenvalue weighted by molar-refractivity contribution is 0.0941. The molecule has 10 heteroatoms. The first-order chi connectivity index (χ1) is 13.2. The number of anilines is 1. The van der Waals surface area contributed by atoms with Crippen LogP contribution in [0.2, 0.25) is 0 Å². The summed E-state index contributed by atoms with van der Waals surface area (Å²) in [5.41, 5.74) is 0.768. The maximum atomic E-state index is 12.4. The fourth-order valence-electron chi connectivity index (χ4n) is 2.81. The van der Waals surface area contributed by atoms with Gasteiger partial charge in [0.1, 0.15) is 0 Å². The standard InChI is InChI=1S/C18H17N3O5S2/c19-11-13-2-1-3-17(10-13)28(25,26)21-15-6-4-14(5-7-15)18(22)20-16-8-9-27(23,24)12-16/h1-7,10,16,21H,8-9,12H2,(H,20,22)/t16-/m0/s1. The number of nitrogens with one attached hydrogen (secondary N) is 2. The van der Waals surface area contributed by atoms with Crippen LogP contribution in [-0.4, -0.2) is 40.3 Å². The number of sulfonamides is 1. The van der Waals surface area contributed by atoms with Crippen LogP contribution in [0, 0.1) is 11.3 Å². The molecule has 2 aromatic rings. The van der Waals surface area contributed by atoms with Crippen LogP contribution in [0.3, 0.4) is 0 Å². The van der Waals surface area contributed by atoms with Crippen LogP contribution in [0.15, 0.2) is 53.4 Å². The molecule has 2 aromatic carbocycles. The van der Waals surface area contributed by atoms with Crippen molar-refractivity contribution < 1.29 is 21.6 Å². The van der Waals surface area contributed by atoms with Crippen molar-refractivity contribution in [2.24, 2.45) is 0 Å². The Morgan fingerprint density at radius 1 is 1.14 bits per heavy atom. The fraction of sp³-hybridized carbons (Fsp3) is 0.222. The van der Waals surface area contributed by atoms with Gasteiger partial charge in [-0.15, -0.1) is 0 Å². The highest BCUT2D eigenvalue weighted by molar-refractivity contribution is 7.92. The zero-order valence-electron chi connectivity index (χ0n) is 14.6. The second-order valence-electron chi connectivity index (χ2n) is 6.40. The third-order valence-corrected chi connectivity index (χ3v) is 7.39. The number of benzene rings is 2. The molecule has 1 aliphatic rings. The normalized spacial score (nSPS) is 18.2. The summed E-state index contributed by atoms with van der Waals surface area (Å²) in [4.78, 5) is 12.2. The lowest BCUT2D eigenvalue weighted by Crippen LogP contribution is -2.35. The van der Waals surface area contributed by atoms with Gasteiger partial charge in [0.2, 0.25) is 0 Å². The maximum Gasteiger partial charge on any atom is 0.261 e. The lowest BCUT2D eigenvalue weighted by Gasteiger charge is -2.12. The van der Waals surface area contributed by atoms with Gasteiger partial charge in [0.05, 0.1) is 28.0 Å². The van der Waals surface area contributed by atoms with E-state index < -0.39 is 31.8 Å². The Kier molecular flexibility index (Phi) is 5.40. The summed E-state index contributed by atoms with van der Waals surface area (Å²) < 4.78 is 50.2. The zero-order chi connectivity index (χ0) is 20.4. The number of nitriles is 1. The van der Waals surface area contributed by atoms with Crippen LogP contribution >= 0.6 is 0 Å². The molecule has 0 aromatic heterocycles. The van der Waals surface area contributed by atoms with Crippen molar-refractivity contribution in [1.29, 1.82) is 5.26 Å². The van der Waals surface area contributed by atoms with Gasteiger partial charge in [0, 0.05) is 17.3 Å². The van der Waals surface area contributed by atoms with Crippen molar-refractivity contribution in [1.82, 2.24) is 5.32 Å². The molecular weight excluding hydrogens is 402 g/mol. The molecule has 0 bridgehead atoms. The molecule has 0 radical (unpaired) electrons. The summed E-state index contributed by atoms with van der Waals surface area (Å²) in [5.74, 6) is -0.428. The minimum Gasteiger partial charge on any atom is -0.348 e. The van der Waals surface area contributed by atoms with Crippen molar-refractivity contribution in [3.8, 4) is 6.07 Å². The predicted molar refractivity (Wildman–Crippen MR) is 103 cm³/mol. The first-order valence-electron chi connectivity index (χ1n) is 8.33. The summed E-state index contributed by atoms with van der Waals surface area (Å²) >= 11 is 0. The molecule has 3 rings (SSSR count). The summed E-state index contributed by atoms with van der Waals surface area (Å²) in [6.45, 7) is 0. The van der Waals surface area contributed by atoms with Gasteiger partial charge in [-0.1, -0.05) is 6.07 Å². The molecule has 1 aliphatic heterocycles. The number of sulfone groups is 1. The molecular formula is C18H17N3O5S2. The smallest absolute Gasteiger partial charge is 0.261 e. The third-order valence-electron chi connectivity index (χ3n) is 4.24. The number of rotatable bonds is 5. The second-order valence-corrected chi connectivity index (χ2v) is 10.3. The highest BCUT2D eigenvalue weighted by Crippen LogP contribution is 2.18. The Morgan fingerprint density at radius 3 is 2.46 bits per heavy atom. The number of hydrogen-bond donors (Lipinski definition) is 2. The Balaban J connectivity index is 1.68. The summed E-state index contributed by atoms with van der Waals surface area (Å²) in [6.07, 6.45) is 0.383. The van der Waals surface area contributed by atoms with Crippen LogP contribution < -0.4 is 10.0 Å². The number of carbonyl (C=O) groups excluding carboxylic acids is 1. The van der Waals surface area contributed by atoms with E-state index in [-0.39, 0.29) is 27.7 Å². The molecule has 0 unspecified atom stereocenters. The van der Waals surface area contributed by atoms with E-state index in [2.05, 4.69) is 10.0 Å². The van der Waals surface area contributed by atoms with E-state index in [9.17, 15) is 21.6 Å². The molecule has 146 valence electrons. The Labute approximate surface area is 163 Å². The summed E-state index contributed by atoms with van der Waals surface area (Å²) in [5, 5.41) is 11.6. The van der Waals surface area contributed by atoms with Gasteiger partial charge >= 0.3 is 0 Å². The Hall–Kier alpha value is -2.90. The molecule has 1 fully saturated rings. The topological polar surface area (TPSA) is 133 Å². The van der Waals surface area contributed by atoms with Gasteiger partial charge in [0.15, 0.2) is 9.84 Å². The molecule has 2 N–H and O–H groups in total. The van der Waals surface area contributed by atoms with Crippen LogP contribution in [-0.2, 0) is 19.9 Å². The largest absolute Gasteiger partial charge is 0.348 e. The Bertz CT molecular complexity index is 1150. The molecule has 8 nitrogen and oxygen atoms in total. The van der Waals surface area contributed by atoms with Crippen LogP contribution in [0.5, 0.6) is 0 Å². The molecule has 1 atom stereocenters. The van der Waals surface area contributed by atoms with Crippen molar-refractivity contribution in [3.05, 3.63) is 59.7 Å². The molecule has 0 aliphatic carbocycles. The van der Waals surface area contributed by atoms with Crippen molar-refractivity contribution in [2.75, 3.05) is 16.2 Å². The Morgan fingerprint density at radius 2 is 1.86 bits per heavy atom. The van der Waals surface area contributed by atoms with Gasteiger partial charge < -0.3 is 5.32 Å². The zero-order valence-corrected chi connectivity index (χ0v) is 16.3. The molecule has 28 heavy (non-hydrogen) atoms. The average Bonchev–Trinajstić information content (AvgIpc) is 3.00. The molecule has 0 saturated carbocycles. The molecule has 1 saturated heterocycles. The van der Waals surface area contributed by atoms with Crippen LogP contribution in [0.4, 0.5) is 5.69 Å². The van der Waals surface area contributed by atoms with Crippen molar-refractivity contribution in [2.45, 2.75) is 17.4 Å². The first kappa shape index (κ1) is 19.9. The molecule has 1 amide bonds. The summed E-state index contributed by atoms with van der Waals surface area (Å²) in [7, 11) is -6.97. The van der Waals surface area contributed by atoms with E-state index in [1.807, 2.05) is 6.07 Å². The minimum atomic E-state index is -3.88. The predicted octanol–water partition coefficient (Wildman–Crippen LogP) is 1.28. The SMILES string of the molecule is N#Cc1cccc(S(=O)(=O)Nc2ccc(C(=O)N[C@H]3CCS(=O)(=O)C3)cc2)c1. The fourth-order valence-corrected chi connectivity index (χ4v) is 5.59. The van der Waals surface area contributed by atoms with Crippen LogP contribution in [0.25, 0.3) is 0 Å². The second kappa shape index (κ2) is 7.61. The number of amides is 1. The van der Waals surface area contributed by atoms with E-state index in [0.717, 1.165) is 0 Å². The van der Waals surface area contributed by atoms with E-state index in [4.69, 9.17) is 5.26 Å². The van der Waals surface area contributed by atoms with Gasteiger partial charge in [0.25, 0.3) is 15.9 Å². The first-order valence-corrected chi connectivity index (χ1v) is 11.6. The van der Waals surface area contributed by atoms with Crippen molar-refractivity contribution in [3.63, 3.8) is 0 Å². The van der Waals surface area contributed by atoms with Gasteiger partial charge in [-0.2, -0.15) is 5.26 Å². The van der Waals surface area contributed by atoms with E-state index >= 15 is 0 Å². The highest BCUT2D eigenvalue weighted by Gasteiger charge is 2.29. The lowest BCUT2D eigenvalue weighted by atomic mass is 10.1. The van der Waals surface area contributed by atoms with E-state index in [1.165, 1.54) is 48.5 Å². The number of nitrogens with zero attached hydrogens (tertiary/aromatic N) is 1. The number of hydrogen-bond acceptors (Lipinski definition) is 6. The number of carbonyl (C=O) groups is 1. The van der Waals surface area contributed by atoms with Crippen LogP contribution in [0.1, 0.15) is 22.3 Å².